The fourth-order valence-electron chi connectivity index (χ4n) is 1.09. The second-order valence-corrected chi connectivity index (χ2v) is 5.14. The van der Waals surface area contributed by atoms with Crippen molar-refractivity contribution in [3.63, 3.8) is 0 Å². The topological polar surface area (TPSA) is 104 Å². The zero-order valence-electron chi connectivity index (χ0n) is 9.80. The Morgan fingerprint density at radius 2 is 1.88 bits per heavy atom. The average molecular weight is 263 g/mol. The molecule has 0 bridgehead atoms. The molecule has 7 heteroatoms. The van der Waals surface area contributed by atoms with Crippen molar-refractivity contribution >= 4 is 29.6 Å². The third-order valence-electron chi connectivity index (χ3n) is 1.99. The van der Waals surface area contributed by atoms with Crippen LogP contribution in [0, 0.1) is 0 Å². The number of hydrogen-bond acceptors (Lipinski definition) is 4. The highest BCUT2D eigenvalue weighted by Gasteiger charge is 2.19. The van der Waals surface area contributed by atoms with Crippen molar-refractivity contribution in [3.8, 4) is 0 Å². The number of thioether (sulfide) groups is 1. The van der Waals surface area contributed by atoms with Crippen LogP contribution in [0.4, 0.5) is 0 Å². The van der Waals surface area contributed by atoms with E-state index in [9.17, 15) is 14.4 Å². The smallest absolute Gasteiger partial charge is 0.327 e. The normalized spacial score (nSPS) is 13.8. The van der Waals surface area contributed by atoms with E-state index in [2.05, 4.69) is 5.32 Å². The minimum atomic E-state index is -1.09. The SMILES string of the molecule is CC(=O)N[C@@H](CSC(C)CCC(=O)O)C(=O)O. The molecule has 0 aromatic heterocycles. The Labute approximate surface area is 104 Å². The first-order chi connectivity index (χ1) is 7.82. The van der Waals surface area contributed by atoms with Crippen LogP contribution < -0.4 is 5.32 Å². The Morgan fingerprint density at radius 1 is 1.29 bits per heavy atom. The lowest BCUT2D eigenvalue weighted by atomic mass is 10.2. The van der Waals surface area contributed by atoms with Gasteiger partial charge in [0.2, 0.25) is 5.91 Å². The van der Waals surface area contributed by atoms with Crippen molar-refractivity contribution in [3.05, 3.63) is 0 Å². The molecule has 2 atom stereocenters. The van der Waals surface area contributed by atoms with Gasteiger partial charge in [0.15, 0.2) is 0 Å². The molecule has 0 aliphatic heterocycles. The van der Waals surface area contributed by atoms with Gasteiger partial charge in [-0.25, -0.2) is 4.79 Å². The molecule has 0 saturated heterocycles. The zero-order chi connectivity index (χ0) is 13.4. The molecule has 0 fully saturated rings. The highest BCUT2D eigenvalue weighted by molar-refractivity contribution is 7.99. The monoisotopic (exact) mass is 263 g/mol. The number of carboxylic acids is 2. The molecule has 0 saturated carbocycles. The van der Waals surface area contributed by atoms with Crippen LogP contribution in [0.2, 0.25) is 0 Å². The number of amides is 1. The van der Waals surface area contributed by atoms with Crippen molar-refractivity contribution < 1.29 is 24.6 Å². The minimum absolute atomic E-state index is 0.0432. The summed E-state index contributed by atoms with van der Waals surface area (Å²) in [6, 6.07) is -0.926. The number of nitrogens with one attached hydrogen (secondary N) is 1. The maximum absolute atomic E-state index is 10.8. The number of carboxylic acid groups (broad SMARTS) is 2. The van der Waals surface area contributed by atoms with E-state index in [1.165, 1.54) is 18.7 Å². The van der Waals surface area contributed by atoms with Crippen LogP contribution >= 0.6 is 11.8 Å². The third-order valence-corrected chi connectivity index (χ3v) is 3.32. The molecular weight excluding hydrogens is 246 g/mol. The molecule has 6 nitrogen and oxygen atoms in total. The maximum Gasteiger partial charge on any atom is 0.327 e. The highest BCUT2D eigenvalue weighted by Crippen LogP contribution is 2.16. The molecule has 0 aliphatic rings. The molecule has 1 amide bonds. The predicted octanol–water partition coefficient (Wildman–Crippen LogP) is 0.562. The van der Waals surface area contributed by atoms with Gasteiger partial charge in [0.1, 0.15) is 6.04 Å². The predicted molar refractivity (Wildman–Crippen MR) is 64.0 cm³/mol. The van der Waals surface area contributed by atoms with Crippen LogP contribution in [0.25, 0.3) is 0 Å². The molecule has 0 heterocycles. The molecule has 0 rings (SSSR count). The molecule has 17 heavy (non-hydrogen) atoms. The van der Waals surface area contributed by atoms with Crippen molar-refractivity contribution in [2.45, 2.75) is 38.0 Å². The summed E-state index contributed by atoms with van der Waals surface area (Å²) in [5.41, 5.74) is 0. The maximum atomic E-state index is 10.8. The Morgan fingerprint density at radius 3 is 2.29 bits per heavy atom. The van der Waals surface area contributed by atoms with Crippen LogP contribution in [0.3, 0.4) is 0 Å². The lowest BCUT2D eigenvalue weighted by molar-refractivity contribution is -0.140. The zero-order valence-corrected chi connectivity index (χ0v) is 10.6. The summed E-state index contributed by atoms with van der Waals surface area (Å²) < 4.78 is 0. The van der Waals surface area contributed by atoms with Crippen molar-refractivity contribution in [1.82, 2.24) is 5.32 Å². The summed E-state index contributed by atoms with van der Waals surface area (Å²) in [4.78, 5) is 31.9. The minimum Gasteiger partial charge on any atom is -0.481 e. The van der Waals surface area contributed by atoms with Crippen molar-refractivity contribution in [2.24, 2.45) is 0 Å². The van der Waals surface area contributed by atoms with E-state index in [-0.39, 0.29) is 17.4 Å². The molecule has 0 aliphatic carbocycles. The van der Waals surface area contributed by atoms with Crippen molar-refractivity contribution in [1.29, 1.82) is 0 Å². The number of aliphatic carboxylic acids is 2. The molecule has 0 radical (unpaired) electrons. The number of carbonyl (C=O) groups is 3. The molecule has 3 N–H and O–H groups in total. The van der Waals surface area contributed by atoms with E-state index >= 15 is 0 Å². The lowest BCUT2D eigenvalue weighted by Gasteiger charge is -2.15. The van der Waals surface area contributed by atoms with Gasteiger partial charge in [-0.3, -0.25) is 9.59 Å². The van der Waals surface area contributed by atoms with Crippen LogP contribution in [-0.2, 0) is 14.4 Å². The average Bonchev–Trinajstić information content (AvgIpc) is 2.20. The third kappa shape index (κ3) is 8.56. The summed E-state index contributed by atoms with van der Waals surface area (Å²) in [5.74, 6) is -2.11. The number of hydrogen-bond donors (Lipinski definition) is 3. The molecule has 98 valence electrons. The van der Waals surface area contributed by atoms with Crippen LogP contribution in [0.5, 0.6) is 0 Å². The Bertz CT molecular complexity index is 294. The molecule has 1 unspecified atom stereocenters. The van der Waals surface area contributed by atoms with Gasteiger partial charge in [0.25, 0.3) is 0 Å². The van der Waals surface area contributed by atoms with E-state index < -0.39 is 23.9 Å². The van der Waals surface area contributed by atoms with Gasteiger partial charge < -0.3 is 15.5 Å². The van der Waals surface area contributed by atoms with E-state index in [1.807, 2.05) is 6.92 Å². The first-order valence-corrected chi connectivity index (χ1v) is 6.21. The lowest BCUT2D eigenvalue weighted by Crippen LogP contribution is -2.41. The van der Waals surface area contributed by atoms with Gasteiger partial charge >= 0.3 is 11.9 Å². The number of rotatable bonds is 8. The highest BCUT2D eigenvalue weighted by atomic mass is 32.2. The standard InChI is InChI=1S/C10H17NO5S/c1-6(3-4-9(13)14)17-5-8(10(15)16)11-7(2)12/h6,8H,3-5H2,1-2H3,(H,11,12)(H,13,14)(H,15,16)/t6?,8-/m0/s1. The fourth-order valence-corrected chi connectivity index (χ4v) is 2.12. The van der Waals surface area contributed by atoms with Gasteiger partial charge in [-0.15, -0.1) is 0 Å². The molecule has 0 aromatic carbocycles. The first-order valence-electron chi connectivity index (χ1n) is 5.16. The van der Waals surface area contributed by atoms with Gasteiger partial charge in [-0.1, -0.05) is 6.92 Å². The van der Waals surface area contributed by atoms with Crippen LogP contribution in [0.1, 0.15) is 26.7 Å². The molecule has 0 aromatic rings. The van der Waals surface area contributed by atoms with Crippen molar-refractivity contribution in [2.75, 3.05) is 5.75 Å². The van der Waals surface area contributed by atoms with E-state index in [0.717, 1.165) is 0 Å². The largest absolute Gasteiger partial charge is 0.481 e. The summed E-state index contributed by atoms with van der Waals surface area (Å²) in [6.45, 7) is 3.09. The Kier molecular flexibility index (Phi) is 7.36. The van der Waals surface area contributed by atoms with Gasteiger partial charge in [0.05, 0.1) is 0 Å². The van der Waals surface area contributed by atoms with Gasteiger partial charge in [-0.2, -0.15) is 11.8 Å². The van der Waals surface area contributed by atoms with Gasteiger partial charge in [-0.05, 0) is 6.42 Å². The Hall–Kier alpha value is -1.24. The van der Waals surface area contributed by atoms with Crippen LogP contribution in [0.15, 0.2) is 0 Å². The summed E-state index contributed by atoms with van der Waals surface area (Å²) in [5, 5.41) is 19.7. The summed E-state index contributed by atoms with van der Waals surface area (Å²) >= 11 is 1.34. The Balaban J connectivity index is 3.99. The van der Waals surface area contributed by atoms with E-state index in [0.29, 0.717) is 6.42 Å². The second kappa shape index (κ2) is 7.94. The van der Waals surface area contributed by atoms with Gasteiger partial charge in [0, 0.05) is 24.3 Å². The van der Waals surface area contributed by atoms with E-state index in [4.69, 9.17) is 10.2 Å². The summed E-state index contributed by atoms with van der Waals surface area (Å²) in [7, 11) is 0. The quantitative estimate of drug-likeness (QED) is 0.591. The summed E-state index contributed by atoms with van der Waals surface area (Å²) in [6.07, 6.45) is 0.540. The fraction of sp³-hybridized carbons (Fsp3) is 0.700. The number of carbonyl (C=O) groups excluding carboxylic acids is 1. The molecule has 0 spiro atoms. The van der Waals surface area contributed by atoms with Crippen LogP contribution in [-0.4, -0.2) is 45.1 Å². The molecular formula is C10H17NO5S. The second-order valence-electron chi connectivity index (χ2n) is 3.67. The van der Waals surface area contributed by atoms with E-state index in [1.54, 1.807) is 0 Å². The first kappa shape index (κ1) is 15.8.